The average molecular weight is 235 g/mol. The Morgan fingerprint density at radius 1 is 1.38 bits per heavy atom. The molecular weight excluding hydrogens is 224 g/mol. The van der Waals surface area contributed by atoms with E-state index in [0.717, 1.165) is 16.9 Å². The number of hydrogen-bond donors (Lipinski definition) is 0. The van der Waals surface area contributed by atoms with E-state index in [1.165, 1.54) is 0 Å². The molecule has 1 heterocycles. The highest BCUT2D eigenvalue weighted by molar-refractivity contribution is 6.67. The van der Waals surface area contributed by atoms with Gasteiger partial charge in [0.1, 0.15) is 0 Å². The fourth-order valence-electron chi connectivity index (χ4n) is 1.62. The van der Waals surface area contributed by atoms with Crippen LogP contribution in [0.25, 0.3) is 5.69 Å². The van der Waals surface area contributed by atoms with Crippen molar-refractivity contribution in [2.75, 3.05) is 0 Å². The van der Waals surface area contributed by atoms with Gasteiger partial charge in [0.25, 0.3) is 5.24 Å². The van der Waals surface area contributed by atoms with Crippen molar-refractivity contribution in [3.63, 3.8) is 0 Å². The van der Waals surface area contributed by atoms with Crippen molar-refractivity contribution >= 4 is 16.8 Å². The van der Waals surface area contributed by atoms with Crippen LogP contribution in [0.5, 0.6) is 0 Å². The molecule has 0 N–H and O–H groups in total. The highest BCUT2D eigenvalue weighted by Crippen LogP contribution is 2.17. The van der Waals surface area contributed by atoms with Gasteiger partial charge in [0.2, 0.25) is 0 Å². The van der Waals surface area contributed by atoms with Crippen LogP contribution in [0, 0.1) is 13.8 Å². The first-order valence-corrected chi connectivity index (χ1v) is 5.27. The molecule has 1 aromatic heterocycles. The molecule has 0 amide bonds. The van der Waals surface area contributed by atoms with Gasteiger partial charge in [-0.3, -0.25) is 4.79 Å². The van der Waals surface area contributed by atoms with Gasteiger partial charge < -0.3 is 4.57 Å². The zero-order valence-corrected chi connectivity index (χ0v) is 9.82. The Kier molecular flexibility index (Phi) is 2.79. The van der Waals surface area contributed by atoms with Crippen LogP contribution in [0.1, 0.15) is 21.6 Å². The van der Waals surface area contributed by atoms with Crippen molar-refractivity contribution in [3.8, 4) is 5.69 Å². The van der Waals surface area contributed by atoms with E-state index < -0.39 is 5.24 Å². The number of rotatable bonds is 2. The van der Waals surface area contributed by atoms with E-state index in [1.54, 1.807) is 18.5 Å². The number of halogens is 1. The lowest BCUT2D eigenvalue weighted by Gasteiger charge is -2.07. The normalized spacial score (nSPS) is 10.4. The molecule has 0 saturated carbocycles. The Balaban J connectivity index is 2.47. The van der Waals surface area contributed by atoms with Gasteiger partial charge in [-0.05, 0) is 49.2 Å². The van der Waals surface area contributed by atoms with E-state index in [9.17, 15) is 4.79 Å². The Morgan fingerprint density at radius 2 is 2.12 bits per heavy atom. The Bertz CT molecular complexity index is 546. The monoisotopic (exact) mass is 234 g/mol. The number of aromatic nitrogens is 2. The predicted octanol–water partition coefficient (Wildman–Crippen LogP) is 2.87. The minimum atomic E-state index is -0.434. The molecule has 0 saturated heterocycles. The molecule has 0 unspecified atom stereocenters. The van der Waals surface area contributed by atoms with Crippen molar-refractivity contribution < 1.29 is 4.79 Å². The molecule has 2 rings (SSSR count). The summed E-state index contributed by atoms with van der Waals surface area (Å²) in [5.74, 6) is 0. The fourth-order valence-corrected chi connectivity index (χ4v) is 1.74. The summed E-state index contributed by atoms with van der Waals surface area (Å²) in [4.78, 5) is 15.2. The Labute approximate surface area is 98.7 Å². The molecule has 2 aromatic rings. The van der Waals surface area contributed by atoms with Crippen molar-refractivity contribution in [1.82, 2.24) is 9.55 Å². The molecular formula is C12H11ClN2O. The summed E-state index contributed by atoms with van der Waals surface area (Å²) in [5.41, 5.74) is 3.46. The van der Waals surface area contributed by atoms with E-state index >= 15 is 0 Å². The minimum Gasteiger partial charge on any atom is -0.306 e. The van der Waals surface area contributed by atoms with Gasteiger partial charge in [-0.15, -0.1) is 0 Å². The van der Waals surface area contributed by atoms with Gasteiger partial charge in [0.05, 0.1) is 12.0 Å². The molecule has 16 heavy (non-hydrogen) atoms. The fraction of sp³-hybridized carbons (Fsp3) is 0.167. The van der Waals surface area contributed by atoms with Crippen LogP contribution in [0.2, 0.25) is 0 Å². The topological polar surface area (TPSA) is 34.9 Å². The highest BCUT2D eigenvalue weighted by atomic mass is 35.5. The van der Waals surface area contributed by atoms with Crippen molar-refractivity contribution in [2.24, 2.45) is 0 Å². The molecule has 1 aromatic carbocycles. The predicted molar refractivity (Wildman–Crippen MR) is 63.2 cm³/mol. The molecule has 0 aliphatic carbocycles. The van der Waals surface area contributed by atoms with Crippen LogP contribution < -0.4 is 0 Å². The molecule has 0 aliphatic heterocycles. The van der Waals surface area contributed by atoms with Crippen molar-refractivity contribution in [2.45, 2.75) is 13.8 Å². The van der Waals surface area contributed by atoms with Crippen LogP contribution in [0.3, 0.4) is 0 Å². The first-order chi connectivity index (χ1) is 7.58. The number of hydrogen-bond acceptors (Lipinski definition) is 2. The molecule has 0 fully saturated rings. The summed E-state index contributed by atoms with van der Waals surface area (Å²) < 4.78 is 1.92. The van der Waals surface area contributed by atoms with E-state index in [1.807, 2.05) is 30.7 Å². The largest absolute Gasteiger partial charge is 0.306 e. The van der Waals surface area contributed by atoms with Crippen LogP contribution >= 0.6 is 11.6 Å². The van der Waals surface area contributed by atoms with Crippen LogP contribution in [-0.2, 0) is 0 Å². The van der Waals surface area contributed by atoms with E-state index in [-0.39, 0.29) is 0 Å². The lowest BCUT2D eigenvalue weighted by Crippen LogP contribution is -1.97. The minimum absolute atomic E-state index is 0.434. The average Bonchev–Trinajstić information content (AvgIpc) is 2.64. The molecule has 0 atom stereocenters. The first kappa shape index (κ1) is 10.9. The van der Waals surface area contributed by atoms with E-state index in [4.69, 9.17) is 11.6 Å². The van der Waals surface area contributed by atoms with Gasteiger partial charge in [-0.2, -0.15) is 0 Å². The summed E-state index contributed by atoms with van der Waals surface area (Å²) in [6.45, 7) is 3.87. The first-order valence-electron chi connectivity index (χ1n) is 4.89. The second-order valence-electron chi connectivity index (χ2n) is 3.70. The van der Waals surface area contributed by atoms with Crippen LogP contribution in [0.15, 0.2) is 30.7 Å². The third kappa shape index (κ3) is 1.99. The smallest absolute Gasteiger partial charge is 0.252 e. The molecule has 82 valence electrons. The number of benzene rings is 1. The van der Waals surface area contributed by atoms with Crippen LogP contribution in [0.4, 0.5) is 0 Å². The van der Waals surface area contributed by atoms with Gasteiger partial charge in [-0.25, -0.2) is 4.98 Å². The molecule has 0 radical (unpaired) electrons. The zero-order chi connectivity index (χ0) is 11.7. The quantitative estimate of drug-likeness (QED) is 0.749. The molecule has 0 aliphatic rings. The van der Waals surface area contributed by atoms with Crippen LogP contribution in [-0.4, -0.2) is 14.8 Å². The number of imidazole rings is 1. The Morgan fingerprint density at radius 3 is 2.62 bits per heavy atom. The summed E-state index contributed by atoms with van der Waals surface area (Å²) in [6, 6.07) is 5.36. The standard InChI is InChI=1S/C12H11ClN2O/c1-8-5-10(12(13)16)3-4-11(8)15-6-9(2)14-7-15/h3-7H,1-2H3. The lowest BCUT2D eigenvalue weighted by atomic mass is 10.1. The second-order valence-corrected chi connectivity index (χ2v) is 4.04. The maximum atomic E-state index is 11.0. The summed E-state index contributed by atoms with van der Waals surface area (Å²) >= 11 is 5.42. The highest BCUT2D eigenvalue weighted by Gasteiger charge is 2.06. The van der Waals surface area contributed by atoms with Crippen molar-refractivity contribution in [1.29, 1.82) is 0 Å². The maximum Gasteiger partial charge on any atom is 0.252 e. The number of nitrogens with zero attached hydrogens (tertiary/aromatic N) is 2. The summed E-state index contributed by atoms with van der Waals surface area (Å²) in [7, 11) is 0. The molecule has 4 heteroatoms. The molecule has 3 nitrogen and oxygen atoms in total. The van der Waals surface area contributed by atoms with Gasteiger partial charge in [0.15, 0.2) is 0 Å². The SMILES string of the molecule is Cc1cn(-c2ccc(C(=O)Cl)cc2C)cn1. The lowest BCUT2D eigenvalue weighted by molar-refractivity contribution is 0.108. The number of aryl methyl sites for hydroxylation is 2. The second kappa shape index (κ2) is 4.10. The Hall–Kier alpha value is -1.61. The zero-order valence-electron chi connectivity index (χ0n) is 9.07. The molecule has 0 bridgehead atoms. The van der Waals surface area contributed by atoms with Crippen molar-refractivity contribution in [3.05, 3.63) is 47.5 Å². The van der Waals surface area contributed by atoms with Gasteiger partial charge in [-0.1, -0.05) is 0 Å². The number of carbonyl (C=O) groups is 1. The maximum absolute atomic E-state index is 11.0. The summed E-state index contributed by atoms with van der Waals surface area (Å²) in [6.07, 6.45) is 3.68. The van der Waals surface area contributed by atoms with E-state index in [2.05, 4.69) is 4.98 Å². The van der Waals surface area contributed by atoms with Gasteiger partial charge in [0, 0.05) is 17.4 Å². The number of carbonyl (C=O) groups excluding carboxylic acids is 1. The summed E-state index contributed by atoms with van der Waals surface area (Å²) in [5, 5.41) is -0.434. The van der Waals surface area contributed by atoms with Gasteiger partial charge >= 0.3 is 0 Å². The van der Waals surface area contributed by atoms with E-state index in [0.29, 0.717) is 5.56 Å². The third-order valence-corrected chi connectivity index (χ3v) is 2.63. The molecule has 0 spiro atoms. The third-order valence-electron chi connectivity index (χ3n) is 2.41.